The third kappa shape index (κ3) is 3.73. The molecular weight excluding hydrogens is 347 g/mol. The van der Waals surface area contributed by atoms with Crippen molar-refractivity contribution in [2.24, 2.45) is 0 Å². The lowest BCUT2D eigenvalue weighted by molar-refractivity contribution is -0.137. The summed E-state index contributed by atoms with van der Waals surface area (Å²) in [5.41, 5.74) is 0.483. The molecule has 3 rings (SSSR count). The Morgan fingerprint density at radius 1 is 1.12 bits per heavy atom. The van der Waals surface area contributed by atoms with E-state index in [4.69, 9.17) is 4.74 Å². The van der Waals surface area contributed by atoms with E-state index in [-0.39, 0.29) is 19.1 Å². The predicted octanol–water partition coefficient (Wildman–Crippen LogP) is 3.20. The van der Waals surface area contributed by atoms with Crippen LogP contribution in [0, 0.1) is 0 Å². The number of hydrogen-bond acceptors (Lipinski definition) is 3. The molecule has 0 aromatic heterocycles. The summed E-state index contributed by atoms with van der Waals surface area (Å²) in [6, 6.07) is 10.9. The first-order chi connectivity index (χ1) is 12.3. The highest BCUT2D eigenvalue weighted by Crippen LogP contribution is 2.32. The van der Waals surface area contributed by atoms with Crippen molar-refractivity contribution in [3.63, 3.8) is 0 Å². The monoisotopic (exact) mass is 365 g/mol. The van der Waals surface area contributed by atoms with Crippen LogP contribution in [-0.4, -0.2) is 48.3 Å². The Labute approximate surface area is 148 Å². The van der Waals surface area contributed by atoms with E-state index in [0.717, 1.165) is 12.1 Å². The molecule has 1 aliphatic heterocycles. The summed E-state index contributed by atoms with van der Waals surface area (Å²) in [5.74, 6) is -0.326. The van der Waals surface area contributed by atoms with Crippen LogP contribution in [0.25, 0.3) is 11.1 Å². The van der Waals surface area contributed by atoms with Crippen molar-refractivity contribution in [2.45, 2.75) is 18.3 Å². The van der Waals surface area contributed by atoms with Gasteiger partial charge in [0, 0.05) is 12.6 Å². The molecule has 2 atom stereocenters. The van der Waals surface area contributed by atoms with E-state index in [1.54, 1.807) is 37.4 Å². The normalized spacial score (nSPS) is 20.2. The van der Waals surface area contributed by atoms with Crippen molar-refractivity contribution in [2.75, 3.05) is 20.3 Å². The summed E-state index contributed by atoms with van der Waals surface area (Å²) in [7, 11) is 1.57. The summed E-state index contributed by atoms with van der Waals surface area (Å²) in [4.78, 5) is 14.1. The van der Waals surface area contributed by atoms with E-state index in [9.17, 15) is 23.1 Å². The van der Waals surface area contributed by atoms with Gasteiger partial charge in [0.15, 0.2) is 0 Å². The van der Waals surface area contributed by atoms with E-state index in [2.05, 4.69) is 0 Å². The molecule has 0 saturated carbocycles. The lowest BCUT2D eigenvalue weighted by Crippen LogP contribution is -2.44. The van der Waals surface area contributed by atoms with Gasteiger partial charge in [-0.25, -0.2) is 0 Å². The highest BCUT2D eigenvalue weighted by Gasteiger charge is 2.33. The van der Waals surface area contributed by atoms with E-state index >= 15 is 0 Å². The molecule has 7 heteroatoms. The number of benzene rings is 2. The molecule has 1 aliphatic rings. The fourth-order valence-electron chi connectivity index (χ4n) is 2.96. The van der Waals surface area contributed by atoms with Gasteiger partial charge in [0.25, 0.3) is 5.91 Å². The van der Waals surface area contributed by atoms with Crippen LogP contribution in [0.3, 0.4) is 0 Å². The first-order valence-corrected chi connectivity index (χ1v) is 8.08. The van der Waals surface area contributed by atoms with Crippen LogP contribution >= 0.6 is 0 Å². The van der Waals surface area contributed by atoms with Crippen LogP contribution < -0.4 is 0 Å². The molecule has 26 heavy (non-hydrogen) atoms. The quantitative estimate of drug-likeness (QED) is 0.909. The lowest BCUT2D eigenvalue weighted by atomic mass is 10.00. The summed E-state index contributed by atoms with van der Waals surface area (Å²) in [5, 5.41) is 9.87. The molecule has 1 heterocycles. The van der Waals surface area contributed by atoms with Crippen LogP contribution in [0.1, 0.15) is 15.9 Å². The highest BCUT2D eigenvalue weighted by molar-refractivity contribution is 5.95. The topological polar surface area (TPSA) is 49.8 Å². The zero-order valence-corrected chi connectivity index (χ0v) is 14.0. The smallest absolute Gasteiger partial charge is 0.388 e. The second-order valence-electron chi connectivity index (χ2n) is 6.25. The highest BCUT2D eigenvalue weighted by atomic mass is 19.4. The summed E-state index contributed by atoms with van der Waals surface area (Å²) in [6.45, 7) is 0.420. The van der Waals surface area contributed by atoms with Gasteiger partial charge in [-0.05, 0) is 35.4 Å². The second-order valence-corrected chi connectivity index (χ2v) is 6.25. The molecule has 0 spiro atoms. The van der Waals surface area contributed by atoms with Crippen LogP contribution in [0.4, 0.5) is 13.2 Å². The van der Waals surface area contributed by atoms with Gasteiger partial charge in [0.1, 0.15) is 0 Å². The number of nitrogens with zero attached hydrogens (tertiary/aromatic N) is 1. The number of likely N-dealkylation sites (N-methyl/N-ethyl adjacent to an activating group) is 1. The van der Waals surface area contributed by atoms with Crippen molar-refractivity contribution in [3.8, 4) is 11.1 Å². The molecule has 0 bridgehead atoms. The van der Waals surface area contributed by atoms with Gasteiger partial charge >= 0.3 is 6.18 Å². The van der Waals surface area contributed by atoms with Crippen LogP contribution in [-0.2, 0) is 10.9 Å². The number of aliphatic hydroxyl groups excluding tert-OH is 1. The average Bonchev–Trinajstić information content (AvgIpc) is 3.06. The van der Waals surface area contributed by atoms with Gasteiger partial charge in [0.2, 0.25) is 0 Å². The number of ether oxygens (including phenoxy) is 1. The van der Waals surface area contributed by atoms with E-state index in [0.29, 0.717) is 16.7 Å². The Balaban J connectivity index is 1.88. The Kier molecular flexibility index (Phi) is 5.02. The number of rotatable bonds is 3. The van der Waals surface area contributed by atoms with Gasteiger partial charge in [-0.1, -0.05) is 24.3 Å². The van der Waals surface area contributed by atoms with Gasteiger partial charge in [-0.3, -0.25) is 4.79 Å². The number of amides is 1. The minimum Gasteiger partial charge on any atom is -0.388 e. The minimum absolute atomic E-state index is 0.173. The van der Waals surface area contributed by atoms with Crippen molar-refractivity contribution in [1.82, 2.24) is 4.90 Å². The standard InChI is InChI=1S/C19H18F3NO3/c1-23(16-10-26-11-17(16)24)18(25)14-6-2-4-12(8-14)13-5-3-7-15(9-13)19(20,21)22/h2-9,16-17,24H,10-11H2,1H3. The Morgan fingerprint density at radius 2 is 1.77 bits per heavy atom. The lowest BCUT2D eigenvalue weighted by Gasteiger charge is -2.26. The molecule has 0 radical (unpaired) electrons. The largest absolute Gasteiger partial charge is 0.416 e. The zero-order chi connectivity index (χ0) is 18.9. The van der Waals surface area contributed by atoms with Crippen molar-refractivity contribution < 1.29 is 27.8 Å². The molecule has 4 nitrogen and oxygen atoms in total. The predicted molar refractivity (Wildman–Crippen MR) is 89.6 cm³/mol. The maximum Gasteiger partial charge on any atom is 0.416 e. The SMILES string of the molecule is CN(C(=O)c1cccc(-c2cccc(C(F)(F)F)c2)c1)C1COCC1O. The molecular formula is C19H18F3NO3. The minimum atomic E-state index is -4.43. The number of halogens is 3. The van der Waals surface area contributed by atoms with Crippen LogP contribution in [0.5, 0.6) is 0 Å². The third-order valence-electron chi connectivity index (χ3n) is 4.47. The first-order valence-electron chi connectivity index (χ1n) is 8.08. The van der Waals surface area contributed by atoms with Gasteiger partial charge < -0.3 is 14.7 Å². The fraction of sp³-hybridized carbons (Fsp3) is 0.316. The third-order valence-corrected chi connectivity index (χ3v) is 4.47. The molecule has 0 aliphatic carbocycles. The fourth-order valence-corrected chi connectivity index (χ4v) is 2.96. The van der Waals surface area contributed by atoms with Crippen molar-refractivity contribution >= 4 is 5.91 Å². The number of hydrogen-bond donors (Lipinski definition) is 1. The Morgan fingerprint density at radius 3 is 2.38 bits per heavy atom. The van der Waals surface area contributed by atoms with Crippen LogP contribution in [0.15, 0.2) is 48.5 Å². The van der Waals surface area contributed by atoms with Crippen LogP contribution in [0.2, 0.25) is 0 Å². The molecule has 1 N–H and O–H groups in total. The number of carbonyl (C=O) groups is 1. The molecule has 2 aromatic rings. The number of aliphatic hydroxyl groups is 1. The summed E-state index contributed by atoms with van der Waals surface area (Å²) >= 11 is 0. The van der Waals surface area contributed by atoms with E-state index in [1.165, 1.54) is 11.0 Å². The Hall–Kier alpha value is -2.38. The molecule has 2 unspecified atom stereocenters. The van der Waals surface area contributed by atoms with Crippen molar-refractivity contribution in [3.05, 3.63) is 59.7 Å². The average molecular weight is 365 g/mol. The molecule has 1 saturated heterocycles. The second kappa shape index (κ2) is 7.09. The molecule has 1 amide bonds. The van der Waals surface area contributed by atoms with Crippen molar-refractivity contribution in [1.29, 1.82) is 0 Å². The van der Waals surface area contributed by atoms with Gasteiger partial charge in [-0.15, -0.1) is 0 Å². The summed E-state index contributed by atoms with van der Waals surface area (Å²) in [6.07, 6.45) is -5.18. The van der Waals surface area contributed by atoms with E-state index in [1.807, 2.05) is 0 Å². The maximum absolute atomic E-state index is 12.9. The van der Waals surface area contributed by atoms with Gasteiger partial charge in [-0.2, -0.15) is 13.2 Å². The van der Waals surface area contributed by atoms with Gasteiger partial charge in [0.05, 0.1) is 30.9 Å². The molecule has 1 fully saturated rings. The Bertz CT molecular complexity index is 807. The summed E-state index contributed by atoms with van der Waals surface area (Å²) < 4.78 is 43.9. The number of alkyl halides is 3. The molecule has 138 valence electrons. The number of carbonyl (C=O) groups excluding carboxylic acids is 1. The first kappa shape index (κ1) is 18.4. The van der Waals surface area contributed by atoms with E-state index < -0.39 is 23.9 Å². The molecule has 2 aromatic carbocycles. The zero-order valence-electron chi connectivity index (χ0n) is 14.0. The maximum atomic E-state index is 12.9.